The summed E-state index contributed by atoms with van der Waals surface area (Å²) in [6, 6.07) is 8.58. The number of morpholine rings is 1. The van der Waals surface area contributed by atoms with Crippen LogP contribution < -0.4 is 10.6 Å². The summed E-state index contributed by atoms with van der Waals surface area (Å²) in [5.74, 6) is 0.108. The summed E-state index contributed by atoms with van der Waals surface area (Å²) in [6.45, 7) is 9.92. The van der Waals surface area contributed by atoms with Crippen molar-refractivity contribution >= 4 is 5.91 Å². The molecule has 3 rings (SSSR count). The number of piperidine rings is 1. The molecule has 1 amide bonds. The molecule has 2 aliphatic heterocycles. The van der Waals surface area contributed by atoms with Crippen LogP contribution in [0, 0.1) is 5.41 Å². The molecule has 2 N–H and O–H groups in total. The lowest BCUT2D eigenvalue weighted by Gasteiger charge is -2.35. The Labute approximate surface area is 169 Å². The Morgan fingerprint density at radius 2 is 1.79 bits per heavy atom. The monoisotopic (exact) mass is 389 g/mol. The van der Waals surface area contributed by atoms with E-state index in [0.29, 0.717) is 13.2 Å². The second kappa shape index (κ2) is 9.83. The lowest BCUT2D eigenvalue weighted by Crippen LogP contribution is -2.49. The average Bonchev–Trinajstić information content (AvgIpc) is 2.67. The van der Waals surface area contributed by atoms with Gasteiger partial charge in [-0.2, -0.15) is 0 Å². The van der Waals surface area contributed by atoms with Crippen molar-refractivity contribution in [2.75, 3.05) is 39.9 Å². The van der Waals surface area contributed by atoms with Crippen molar-refractivity contribution in [1.29, 1.82) is 0 Å². The molecule has 0 aliphatic carbocycles. The van der Waals surface area contributed by atoms with E-state index >= 15 is 0 Å². The summed E-state index contributed by atoms with van der Waals surface area (Å²) in [5.41, 5.74) is 2.02. The number of hydrogen-bond donors (Lipinski definition) is 2. The number of carbonyl (C=O) groups excluding carboxylic acids is 1. The summed E-state index contributed by atoms with van der Waals surface area (Å²) in [7, 11) is 1.67. The van der Waals surface area contributed by atoms with Gasteiger partial charge in [0.25, 0.3) is 0 Å². The molecule has 2 aliphatic rings. The van der Waals surface area contributed by atoms with Crippen LogP contribution in [0.1, 0.15) is 37.8 Å². The van der Waals surface area contributed by atoms with Gasteiger partial charge in [0.2, 0.25) is 5.91 Å². The molecule has 2 unspecified atom stereocenters. The highest BCUT2D eigenvalue weighted by atomic mass is 16.5. The predicted octanol–water partition coefficient (Wildman–Crippen LogP) is 1.93. The number of nitrogens with zero attached hydrogens (tertiary/aromatic N) is 1. The summed E-state index contributed by atoms with van der Waals surface area (Å²) >= 11 is 0. The fourth-order valence-corrected chi connectivity index (χ4v) is 4.42. The van der Waals surface area contributed by atoms with Gasteiger partial charge in [-0.3, -0.25) is 9.69 Å². The number of rotatable bonds is 7. The lowest BCUT2D eigenvalue weighted by molar-refractivity contribution is -0.136. The summed E-state index contributed by atoms with van der Waals surface area (Å²) < 4.78 is 11.2. The molecule has 0 aromatic heterocycles. The van der Waals surface area contributed by atoms with Gasteiger partial charge < -0.3 is 20.1 Å². The molecule has 1 aromatic rings. The third-order valence-electron chi connectivity index (χ3n) is 5.84. The van der Waals surface area contributed by atoms with Gasteiger partial charge in [-0.1, -0.05) is 24.3 Å². The Morgan fingerprint density at radius 1 is 1.18 bits per heavy atom. The largest absolute Gasteiger partial charge is 0.384 e. The van der Waals surface area contributed by atoms with E-state index in [-0.39, 0.29) is 18.1 Å². The van der Waals surface area contributed by atoms with E-state index in [0.717, 1.165) is 51.1 Å². The second-order valence-electron chi connectivity index (χ2n) is 8.41. The number of amides is 1. The topological polar surface area (TPSA) is 62.8 Å². The Bertz CT molecular complexity index is 613. The quantitative estimate of drug-likeness (QED) is 0.746. The first-order chi connectivity index (χ1) is 13.5. The van der Waals surface area contributed by atoms with Gasteiger partial charge in [-0.25, -0.2) is 0 Å². The number of benzene rings is 1. The Morgan fingerprint density at radius 3 is 2.39 bits per heavy atom. The van der Waals surface area contributed by atoms with Gasteiger partial charge in [0.1, 0.15) is 0 Å². The van der Waals surface area contributed by atoms with Crippen LogP contribution in [0.5, 0.6) is 0 Å². The molecule has 0 spiro atoms. The second-order valence-corrected chi connectivity index (χ2v) is 8.41. The number of nitrogens with one attached hydrogen (secondary N) is 2. The molecule has 2 heterocycles. The number of hydrogen-bond acceptors (Lipinski definition) is 5. The standard InChI is InChI=1S/C22H35N3O3/c1-17-13-25(14-18(2)28-17)15-20-6-4-19(5-7-20)12-24-21(26)22(16-27-3)8-10-23-11-9-22/h4-7,17-18,23H,8-16H2,1-3H3,(H,24,26). The van der Waals surface area contributed by atoms with Gasteiger partial charge in [0.05, 0.1) is 24.2 Å². The lowest BCUT2D eigenvalue weighted by atomic mass is 9.78. The van der Waals surface area contributed by atoms with Gasteiger partial charge in [-0.15, -0.1) is 0 Å². The maximum Gasteiger partial charge on any atom is 0.228 e. The van der Waals surface area contributed by atoms with Crippen molar-refractivity contribution in [3.8, 4) is 0 Å². The summed E-state index contributed by atoms with van der Waals surface area (Å²) in [4.78, 5) is 15.3. The number of methoxy groups -OCH3 is 1. The Balaban J connectivity index is 1.52. The van der Waals surface area contributed by atoms with Crippen molar-refractivity contribution < 1.29 is 14.3 Å². The minimum atomic E-state index is -0.399. The van der Waals surface area contributed by atoms with Crippen LogP contribution in [0.4, 0.5) is 0 Å². The first kappa shape index (κ1) is 21.2. The summed E-state index contributed by atoms with van der Waals surface area (Å²) in [6.07, 6.45) is 2.21. The van der Waals surface area contributed by atoms with Crippen LogP contribution in [-0.4, -0.2) is 62.9 Å². The Kier molecular flexibility index (Phi) is 7.46. The van der Waals surface area contributed by atoms with Crippen molar-refractivity contribution in [3.63, 3.8) is 0 Å². The van der Waals surface area contributed by atoms with Gasteiger partial charge in [0.15, 0.2) is 0 Å². The maximum atomic E-state index is 12.8. The fourth-order valence-electron chi connectivity index (χ4n) is 4.42. The number of carbonyl (C=O) groups is 1. The molecule has 0 bridgehead atoms. The third-order valence-corrected chi connectivity index (χ3v) is 5.84. The van der Waals surface area contributed by atoms with Crippen LogP contribution >= 0.6 is 0 Å². The Hall–Kier alpha value is -1.47. The van der Waals surface area contributed by atoms with Gasteiger partial charge >= 0.3 is 0 Å². The smallest absolute Gasteiger partial charge is 0.228 e. The zero-order valence-electron chi connectivity index (χ0n) is 17.5. The van der Waals surface area contributed by atoms with E-state index < -0.39 is 5.41 Å². The van der Waals surface area contributed by atoms with Crippen LogP contribution in [0.2, 0.25) is 0 Å². The molecule has 2 atom stereocenters. The minimum Gasteiger partial charge on any atom is -0.384 e. The number of ether oxygens (including phenoxy) is 2. The molecule has 0 radical (unpaired) electrons. The fraction of sp³-hybridized carbons (Fsp3) is 0.682. The van der Waals surface area contributed by atoms with Crippen molar-refractivity contribution in [2.45, 2.75) is 52.0 Å². The van der Waals surface area contributed by atoms with E-state index in [1.807, 2.05) is 0 Å². The minimum absolute atomic E-state index is 0.108. The van der Waals surface area contributed by atoms with Crippen LogP contribution in [-0.2, 0) is 27.4 Å². The third kappa shape index (κ3) is 5.54. The van der Waals surface area contributed by atoms with Gasteiger partial charge in [0, 0.05) is 33.3 Å². The molecule has 2 saturated heterocycles. The molecule has 28 heavy (non-hydrogen) atoms. The molecular formula is C22H35N3O3. The summed E-state index contributed by atoms with van der Waals surface area (Å²) in [5, 5.41) is 6.46. The highest BCUT2D eigenvalue weighted by molar-refractivity contribution is 5.83. The molecule has 1 aromatic carbocycles. The zero-order valence-corrected chi connectivity index (χ0v) is 17.5. The van der Waals surface area contributed by atoms with Crippen LogP contribution in [0.25, 0.3) is 0 Å². The predicted molar refractivity (Wildman–Crippen MR) is 110 cm³/mol. The highest BCUT2D eigenvalue weighted by Gasteiger charge is 2.39. The normalized spacial score (nSPS) is 25.4. The SMILES string of the molecule is COCC1(C(=O)NCc2ccc(CN3CC(C)OC(C)C3)cc2)CCNCC1. The van der Waals surface area contributed by atoms with E-state index in [2.05, 4.69) is 53.6 Å². The average molecular weight is 390 g/mol. The molecule has 156 valence electrons. The van der Waals surface area contributed by atoms with Crippen molar-refractivity contribution in [3.05, 3.63) is 35.4 Å². The molecule has 0 saturated carbocycles. The van der Waals surface area contributed by atoms with Crippen molar-refractivity contribution in [1.82, 2.24) is 15.5 Å². The van der Waals surface area contributed by atoms with Crippen LogP contribution in [0.3, 0.4) is 0 Å². The molecule has 6 nitrogen and oxygen atoms in total. The maximum absolute atomic E-state index is 12.8. The van der Waals surface area contributed by atoms with E-state index in [4.69, 9.17) is 9.47 Å². The van der Waals surface area contributed by atoms with Gasteiger partial charge in [-0.05, 0) is 50.9 Å². The molecular weight excluding hydrogens is 354 g/mol. The highest BCUT2D eigenvalue weighted by Crippen LogP contribution is 2.29. The van der Waals surface area contributed by atoms with Crippen molar-refractivity contribution in [2.24, 2.45) is 5.41 Å². The molecule has 6 heteroatoms. The van der Waals surface area contributed by atoms with E-state index in [9.17, 15) is 4.79 Å². The van der Waals surface area contributed by atoms with Crippen LogP contribution in [0.15, 0.2) is 24.3 Å². The zero-order chi connectivity index (χ0) is 20.0. The van der Waals surface area contributed by atoms with E-state index in [1.54, 1.807) is 7.11 Å². The first-order valence-electron chi connectivity index (χ1n) is 10.4. The first-order valence-corrected chi connectivity index (χ1v) is 10.4. The molecule has 2 fully saturated rings. The van der Waals surface area contributed by atoms with E-state index in [1.165, 1.54) is 5.56 Å².